The Kier molecular flexibility index (Phi) is 8.26. The zero-order valence-electron chi connectivity index (χ0n) is 18.1. The lowest BCUT2D eigenvalue weighted by molar-refractivity contribution is -0.172. The maximum Gasteiger partial charge on any atom is 0.408 e. The van der Waals surface area contributed by atoms with E-state index < -0.39 is 48.0 Å². The van der Waals surface area contributed by atoms with Crippen molar-refractivity contribution >= 4 is 29.5 Å². The van der Waals surface area contributed by atoms with Crippen molar-refractivity contribution in [3.05, 3.63) is 34.9 Å². The summed E-state index contributed by atoms with van der Waals surface area (Å²) >= 11 is 5.93. The summed E-state index contributed by atoms with van der Waals surface area (Å²) < 4.78 is 41.4. The van der Waals surface area contributed by atoms with Crippen molar-refractivity contribution in [3.8, 4) is 0 Å². The van der Waals surface area contributed by atoms with Crippen LogP contribution in [0.15, 0.2) is 24.3 Å². The van der Waals surface area contributed by atoms with Crippen LogP contribution < -0.4 is 5.32 Å². The first kappa shape index (κ1) is 25.3. The summed E-state index contributed by atoms with van der Waals surface area (Å²) in [4.78, 5) is 37.5. The zero-order chi connectivity index (χ0) is 24.2. The van der Waals surface area contributed by atoms with Gasteiger partial charge in [0.2, 0.25) is 5.91 Å². The third-order valence-electron chi connectivity index (χ3n) is 6.57. The van der Waals surface area contributed by atoms with E-state index >= 15 is 0 Å². The SMILES string of the molecule is O=C(O)C1C(CCc2cccc(Cl)c2)C(=O)N1C(=O)NC(C1CCCCCCC1)C(F)(F)F. The second-order valence-corrected chi connectivity index (χ2v) is 9.28. The highest BCUT2D eigenvalue weighted by Crippen LogP contribution is 2.36. The van der Waals surface area contributed by atoms with Crippen LogP contribution in [0.5, 0.6) is 0 Å². The molecule has 3 amide bonds. The number of halogens is 4. The van der Waals surface area contributed by atoms with Gasteiger partial charge in [0.25, 0.3) is 0 Å². The molecule has 33 heavy (non-hydrogen) atoms. The molecule has 0 aromatic heterocycles. The van der Waals surface area contributed by atoms with Gasteiger partial charge in [-0.05, 0) is 49.3 Å². The van der Waals surface area contributed by atoms with Gasteiger partial charge in [0.05, 0.1) is 5.92 Å². The van der Waals surface area contributed by atoms with Crippen LogP contribution in [-0.2, 0) is 16.0 Å². The number of benzene rings is 1. The standard InChI is InChI=1S/C23H28ClF3N2O4/c24-16-10-6-7-14(13-16)11-12-17-18(21(31)32)29(20(17)30)22(33)28-19(23(25,26)27)15-8-4-2-1-3-5-9-15/h6-7,10,13,15,17-19H,1-5,8-9,11-12H2,(H,28,33)(H,31,32). The number of hydrogen-bond donors (Lipinski definition) is 2. The van der Waals surface area contributed by atoms with Crippen LogP contribution in [0.4, 0.5) is 18.0 Å². The third kappa shape index (κ3) is 6.19. The van der Waals surface area contributed by atoms with Crippen LogP contribution >= 0.6 is 11.6 Å². The molecule has 1 heterocycles. The number of carbonyl (C=O) groups is 3. The Bertz CT molecular complexity index is 872. The number of likely N-dealkylation sites (tertiary alicyclic amines) is 1. The van der Waals surface area contributed by atoms with E-state index in [2.05, 4.69) is 0 Å². The van der Waals surface area contributed by atoms with Gasteiger partial charge in [-0.2, -0.15) is 13.2 Å². The van der Waals surface area contributed by atoms with Gasteiger partial charge in [-0.15, -0.1) is 0 Å². The van der Waals surface area contributed by atoms with Gasteiger partial charge in [-0.25, -0.2) is 14.5 Å². The Morgan fingerprint density at radius 1 is 1.15 bits per heavy atom. The summed E-state index contributed by atoms with van der Waals surface area (Å²) in [5, 5.41) is 12.0. The Labute approximate surface area is 195 Å². The van der Waals surface area contributed by atoms with Crippen molar-refractivity contribution in [2.45, 2.75) is 76.0 Å². The number of nitrogens with zero attached hydrogens (tertiary/aromatic N) is 1. The molecular weight excluding hydrogens is 461 g/mol. The molecule has 3 rings (SSSR count). The maximum absolute atomic E-state index is 13.8. The number of carbonyl (C=O) groups excluding carboxylic acids is 2. The Morgan fingerprint density at radius 2 is 1.79 bits per heavy atom. The number of urea groups is 1. The number of amides is 3. The summed E-state index contributed by atoms with van der Waals surface area (Å²) in [6, 6.07) is 1.96. The number of alkyl halides is 3. The number of carboxylic acid groups (broad SMARTS) is 1. The van der Waals surface area contributed by atoms with Crippen LogP contribution in [0.1, 0.15) is 56.9 Å². The predicted molar refractivity (Wildman–Crippen MR) is 116 cm³/mol. The molecule has 2 aliphatic rings. The fraction of sp³-hybridized carbons (Fsp3) is 0.609. The molecule has 0 bridgehead atoms. The number of nitrogens with one attached hydrogen (secondary N) is 1. The molecule has 182 valence electrons. The molecule has 1 aromatic rings. The minimum Gasteiger partial charge on any atom is -0.480 e. The highest BCUT2D eigenvalue weighted by atomic mass is 35.5. The van der Waals surface area contributed by atoms with Gasteiger partial charge in [-0.3, -0.25) is 4.79 Å². The molecule has 1 aliphatic carbocycles. The molecule has 2 fully saturated rings. The lowest BCUT2D eigenvalue weighted by Crippen LogP contribution is -2.69. The number of aliphatic carboxylic acids is 1. The zero-order valence-corrected chi connectivity index (χ0v) is 18.9. The maximum atomic E-state index is 13.8. The molecule has 3 unspecified atom stereocenters. The molecule has 10 heteroatoms. The van der Waals surface area contributed by atoms with E-state index in [4.69, 9.17) is 11.6 Å². The van der Waals surface area contributed by atoms with Gasteiger partial charge in [-0.1, -0.05) is 55.8 Å². The van der Waals surface area contributed by atoms with Crippen molar-refractivity contribution in [2.24, 2.45) is 11.8 Å². The van der Waals surface area contributed by atoms with Gasteiger partial charge in [0, 0.05) is 5.02 Å². The van der Waals surface area contributed by atoms with Crippen molar-refractivity contribution in [1.29, 1.82) is 0 Å². The number of rotatable bonds is 6. The molecule has 6 nitrogen and oxygen atoms in total. The largest absolute Gasteiger partial charge is 0.480 e. The van der Waals surface area contributed by atoms with Crippen LogP contribution in [0.3, 0.4) is 0 Å². The Balaban J connectivity index is 1.69. The minimum absolute atomic E-state index is 0.144. The molecular formula is C23H28ClF3N2O4. The van der Waals surface area contributed by atoms with E-state index in [1.807, 2.05) is 5.32 Å². The van der Waals surface area contributed by atoms with Crippen molar-refractivity contribution in [2.75, 3.05) is 0 Å². The first-order valence-corrected chi connectivity index (χ1v) is 11.6. The fourth-order valence-electron chi connectivity index (χ4n) is 4.84. The summed E-state index contributed by atoms with van der Waals surface area (Å²) in [6.45, 7) is 0. The summed E-state index contributed by atoms with van der Waals surface area (Å²) in [7, 11) is 0. The Hall–Kier alpha value is -2.29. The second-order valence-electron chi connectivity index (χ2n) is 8.84. The van der Waals surface area contributed by atoms with Gasteiger partial charge >= 0.3 is 18.2 Å². The lowest BCUT2D eigenvalue weighted by atomic mass is 9.82. The van der Waals surface area contributed by atoms with E-state index in [9.17, 15) is 32.7 Å². The average Bonchev–Trinajstić information content (AvgIpc) is 2.69. The Morgan fingerprint density at radius 3 is 2.36 bits per heavy atom. The molecule has 1 aromatic carbocycles. The van der Waals surface area contributed by atoms with Gasteiger partial charge < -0.3 is 10.4 Å². The van der Waals surface area contributed by atoms with E-state index in [0.29, 0.717) is 42.0 Å². The fourth-order valence-corrected chi connectivity index (χ4v) is 5.06. The van der Waals surface area contributed by atoms with Crippen LogP contribution in [0.2, 0.25) is 5.02 Å². The molecule has 2 N–H and O–H groups in total. The number of carboxylic acids is 1. The topological polar surface area (TPSA) is 86.7 Å². The first-order chi connectivity index (χ1) is 15.6. The van der Waals surface area contributed by atoms with E-state index in [1.54, 1.807) is 24.3 Å². The van der Waals surface area contributed by atoms with Crippen LogP contribution in [0, 0.1) is 11.8 Å². The number of imide groups is 1. The number of β-lactam (4-membered cyclic amide) rings is 1. The minimum atomic E-state index is -4.70. The monoisotopic (exact) mass is 488 g/mol. The molecule has 1 saturated carbocycles. The normalized spacial score (nSPS) is 23.3. The third-order valence-corrected chi connectivity index (χ3v) is 6.81. The van der Waals surface area contributed by atoms with E-state index in [0.717, 1.165) is 24.8 Å². The lowest BCUT2D eigenvalue weighted by Gasteiger charge is -2.44. The van der Waals surface area contributed by atoms with Crippen molar-refractivity contribution in [3.63, 3.8) is 0 Å². The molecule has 3 atom stereocenters. The number of hydrogen-bond acceptors (Lipinski definition) is 3. The summed E-state index contributed by atoms with van der Waals surface area (Å²) in [5.74, 6) is -3.98. The van der Waals surface area contributed by atoms with Gasteiger partial charge in [0.15, 0.2) is 6.04 Å². The quantitative estimate of drug-likeness (QED) is 0.540. The molecule has 1 aliphatic heterocycles. The van der Waals surface area contributed by atoms with E-state index in [-0.39, 0.29) is 6.42 Å². The van der Waals surface area contributed by atoms with Crippen LogP contribution in [-0.4, -0.2) is 46.2 Å². The summed E-state index contributed by atoms with van der Waals surface area (Å²) in [5.41, 5.74) is 0.795. The second kappa shape index (κ2) is 10.8. The molecule has 0 spiro atoms. The molecule has 1 saturated heterocycles. The van der Waals surface area contributed by atoms with Crippen LogP contribution in [0.25, 0.3) is 0 Å². The van der Waals surface area contributed by atoms with Crippen molar-refractivity contribution in [1.82, 2.24) is 10.2 Å². The predicted octanol–water partition coefficient (Wildman–Crippen LogP) is 5.19. The highest BCUT2D eigenvalue weighted by molar-refractivity contribution is 6.30. The smallest absolute Gasteiger partial charge is 0.408 e. The highest BCUT2D eigenvalue weighted by Gasteiger charge is 2.56. The summed E-state index contributed by atoms with van der Waals surface area (Å²) in [6.07, 6.45) is 0.385. The number of aryl methyl sites for hydroxylation is 1. The molecule has 0 radical (unpaired) electrons. The average molecular weight is 489 g/mol. The first-order valence-electron chi connectivity index (χ1n) is 11.3. The van der Waals surface area contributed by atoms with Gasteiger partial charge in [0.1, 0.15) is 6.04 Å². The van der Waals surface area contributed by atoms with E-state index in [1.165, 1.54) is 0 Å². The van der Waals surface area contributed by atoms with Crippen molar-refractivity contribution < 1.29 is 32.7 Å².